The maximum absolute atomic E-state index is 12.7. The van der Waals surface area contributed by atoms with Gasteiger partial charge < -0.3 is 19.3 Å². The number of thiophene rings is 1. The van der Waals surface area contributed by atoms with Gasteiger partial charge in [0, 0.05) is 28.7 Å². The lowest BCUT2D eigenvalue weighted by molar-refractivity contribution is -0.156. The van der Waals surface area contributed by atoms with Gasteiger partial charge in [-0.15, -0.1) is 11.3 Å². The van der Waals surface area contributed by atoms with Crippen LogP contribution in [0.3, 0.4) is 0 Å². The number of fused-ring (bicyclic) bond motifs is 1. The molecule has 3 rings (SSSR count). The molecule has 0 radical (unpaired) electrons. The van der Waals surface area contributed by atoms with Crippen molar-refractivity contribution < 1.29 is 28.9 Å². The molecule has 1 fully saturated rings. The standard InChI is InChI=1S/C19H22O6S3/c1-10(19(22)25-16-9-27-26-8-13(16)21)4-12(20)18-6-11-5-14(23-2)15(24-3)7-17(11)28-18/h5-7,10,13,16,21H,4,8-9H2,1-3H3/t10-,13-,16-/m0/s1. The number of Topliss-reactive ketones (excluding diaryl/α,β-unsaturated/α-hetero) is 1. The Labute approximate surface area is 175 Å². The van der Waals surface area contributed by atoms with Gasteiger partial charge in [-0.1, -0.05) is 28.5 Å². The highest BCUT2D eigenvalue weighted by atomic mass is 33.1. The van der Waals surface area contributed by atoms with E-state index in [1.54, 1.807) is 48.8 Å². The summed E-state index contributed by atoms with van der Waals surface area (Å²) in [5.74, 6) is 1.16. The Morgan fingerprint density at radius 1 is 1.14 bits per heavy atom. The van der Waals surface area contributed by atoms with Crippen LogP contribution in [0.4, 0.5) is 0 Å². The van der Waals surface area contributed by atoms with Gasteiger partial charge in [0.15, 0.2) is 17.3 Å². The van der Waals surface area contributed by atoms with Crippen molar-refractivity contribution in [1.29, 1.82) is 0 Å². The van der Waals surface area contributed by atoms with Gasteiger partial charge in [0.25, 0.3) is 0 Å². The molecule has 1 aliphatic rings. The predicted octanol–water partition coefficient (Wildman–Crippen LogP) is 3.80. The summed E-state index contributed by atoms with van der Waals surface area (Å²) in [6.45, 7) is 1.68. The zero-order valence-corrected chi connectivity index (χ0v) is 18.2. The maximum Gasteiger partial charge on any atom is 0.309 e. The van der Waals surface area contributed by atoms with Crippen LogP contribution in [0.15, 0.2) is 18.2 Å². The van der Waals surface area contributed by atoms with Gasteiger partial charge in [-0.05, 0) is 17.5 Å². The van der Waals surface area contributed by atoms with E-state index < -0.39 is 24.1 Å². The summed E-state index contributed by atoms with van der Waals surface area (Å²) in [4.78, 5) is 25.6. The molecule has 0 amide bonds. The molecule has 1 aromatic carbocycles. The number of rotatable bonds is 7. The summed E-state index contributed by atoms with van der Waals surface area (Å²) < 4.78 is 16.9. The van der Waals surface area contributed by atoms with Gasteiger partial charge in [-0.3, -0.25) is 9.59 Å². The number of ether oxygens (including phenoxy) is 3. The molecule has 1 aliphatic heterocycles. The number of ketones is 1. The summed E-state index contributed by atoms with van der Waals surface area (Å²) in [5, 5.41) is 10.8. The minimum Gasteiger partial charge on any atom is -0.493 e. The van der Waals surface area contributed by atoms with E-state index in [0.717, 1.165) is 10.1 Å². The van der Waals surface area contributed by atoms with E-state index in [2.05, 4.69) is 0 Å². The number of methoxy groups -OCH3 is 2. The molecule has 2 aromatic rings. The summed E-state index contributed by atoms with van der Waals surface area (Å²) in [6, 6.07) is 5.48. The lowest BCUT2D eigenvalue weighted by Gasteiger charge is -2.27. The first-order valence-electron chi connectivity index (χ1n) is 8.74. The quantitative estimate of drug-likeness (QED) is 0.394. The lowest BCUT2D eigenvalue weighted by Crippen LogP contribution is -2.38. The van der Waals surface area contributed by atoms with Crippen molar-refractivity contribution in [1.82, 2.24) is 0 Å². The molecule has 6 nitrogen and oxygen atoms in total. The third-order valence-corrected chi connectivity index (χ3v) is 8.01. The highest BCUT2D eigenvalue weighted by Gasteiger charge is 2.30. The van der Waals surface area contributed by atoms with Crippen LogP contribution in [-0.4, -0.2) is 54.8 Å². The fraction of sp³-hybridized carbons (Fsp3) is 0.474. The number of benzene rings is 1. The van der Waals surface area contributed by atoms with E-state index >= 15 is 0 Å². The van der Waals surface area contributed by atoms with Gasteiger partial charge in [0.1, 0.15) is 12.2 Å². The van der Waals surface area contributed by atoms with Crippen LogP contribution in [0.1, 0.15) is 23.0 Å². The molecule has 0 unspecified atom stereocenters. The SMILES string of the molecule is COc1cc2cc(C(=O)C[C@H](C)C(=O)O[C@H]3CSSC[C@@H]3O)sc2cc1OC. The van der Waals surface area contributed by atoms with Gasteiger partial charge in [-0.2, -0.15) is 0 Å². The monoisotopic (exact) mass is 442 g/mol. The molecule has 3 atom stereocenters. The molecule has 1 N–H and O–H groups in total. The molecule has 1 saturated heterocycles. The van der Waals surface area contributed by atoms with Crippen LogP contribution in [0, 0.1) is 5.92 Å². The first-order valence-corrected chi connectivity index (χ1v) is 12.0. The fourth-order valence-electron chi connectivity index (χ4n) is 2.80. The molecule has 0 saturated carbocycles. The summed E-state index contributed by atoms with van der Waals surface area (Å²) >= 11 is 1.36. The smallest absolute Gasteiger partial charge is 0.309 e. The number of hydrogen-bond donors (Lipinski definition) is 1. The van der Waals surface area contributed by atoms with Crippen molar-refractivity contribution in [3.05, 3.63) is 23.1 Å². The Kier molecular flexibility index (Phi) is 7.14. The molecule has 9 heteroatoms. The van der Waals surface area contributed by atoms with Gasteiger partial charge in [-0.25, -0.2) is 0 Å². The average molecular weight is 443 g/mol. The van der Waals surface area contributed by atoms with Crippen LogP contribution in [0.5, 0.6) is 11.5 Å². The number of carbonyl (C=O) groups is 2. The van der Waals surface area contributed by atoms with E-state index in [-0.39, 0.29) is 12.2 Å². The number of aliphatic hydroxyl groups is 1. The zero-order valence-electron chi connectivity index (χ0n) is 15.8. The van der Waals surface area contributed by atoms with E-state index in [4.69, 9.17) is 14.2 Å². The van der Waals surface area contributed by atoms with Crippen LogP contribution in [0.2, 0.25) is 0 Å². The van der Waals surface area contributed by atoms with Crippen molar-refractivity contribution in [2.75, 3.05) is 25.7 Å². The minimum atomic E-state index is -0.661. The number of carbonyl (C=O) groups excluding carboxylic acids is 2. The molecule has 0 bridgehead atoms. The molecule has 0 spiro atoms. The Hall–Kier alpha value is -1.42. The Morgan fingerprint density at radius 3 is 2.50 bits per heavy atom. The van der Waals surface area contributed by atoms with Crippen molar-refractivity contribution in [3.8, 4) is 11.5 Å². The third-order valence-electron chi connectivity index (χ3n) is 4.44. The van der Waals surface area contributed by atoms with Crippen molar-refractivity contribution >= 4 is 54.8 Å². The van der Waals surface area contributed by atoms with Crippen molar-refractivity contribution in [3.63, 3.8) is 0 Å². The topological polar surface area (TPSA) is 82.1 Å². The highest BCUT2D eigenvalue weighted by Crippen LogP contribution is 2.37. The second-order valence-electron chi connectivity index (χ2n) is 6.50. The van der Waals surface area contributed by atoms with Crippen LogP contribution < -0.4 is 9.47 Å². The number of aliphatic hydroxyl groups excluding tert-OH is 1. The van der Waals surface area contributed by atoms with Crippen LogP contribution in [-0.2, 0) is 9.53 Å². The number of esters is 1. The second kappa shape index (κ2) is 9.39. The molecular formula is C19H22O6S3. The minimum absolute atomic E-state index is 0.0602. The number of hydrogen-bond acceptors (Lipinski definition) is 9. The van der Waals surface area contributed by atoms with Gasteiger partial charge >= 0.3 is 5.97 Å². The zero-order chi connectivity index (χ0) is 20.3. The van der Waals surface area contributed by atoms with E-state index in [0.29, 0.717) is 27.9 Å². The molecule has 2 heterocycles. The van der Waals surface area contributed by atoms with Gasteiger partial charge in [0.05, 0.1) is 25.0 Å². The van der Waals surface area contributed by atoms with E-state index in [1.165, 1.54) is 11.3 Å². The third kappa shape index (κ3) is 4.76. The Balaban J connectivity index is 1.67. The molecular weight excluding hydrogens is 420 g/mol. The van der Waals surface area contributed by atoms with Gasteiger partial charge in [0.2, 0.25) is 0 Å². The van der Waals surface area contributed by atoms with E-state index in [9.17, 15) is 14.7 Å². The summed E-state index contributed by atoms with van der Waals surface area (Å²) in [6.07, 6.45) is -1.11. The Morgan fingerprint density at radius 2 is 1.82 bits per heavy atom. The second-order valence-corrected chi connectivity index (χ2v) is 10.1. The van der Waals surface area contributed by atoms with Crippen LogP contribution >= 0.6 is 32.9 Å². The normalized spacial score (nSPS) is 20.6. The van der Waals surface area contributed by atoms with E-state index in [1.807, 2.05) is 12.1 Å². The molecule has 28 heavy (non-hydrogen) atoms. The lowest BCUT2D eigenvalue weighted by atomic mass is 10.0. The molecule has 1 aromatic heterocycles. The average Bonchev–Trinajstić information content (AvgIpc) is 3.11. The maximum atomic E-state index is 12.7. The first kappa shape index (κ1) is 21.3. The Bertz CT molecular complexity index is 824. The predicted molar refractivity (Wildman–Crippen MR) is 114 cm³/mol. The summed E-state index contributed by atoms with van der Waals surface area (Å²) in [7, 11) is 6.27. The van der Waals surface area contributed by atoms with Crippen LogP contribution in [0.25, 0.3) is 10.1 Å². The largest absolute Gasteiger partial charge is 0.493 e. The molecule has 0 aliphatic carbocycles. The van der Waals surface area contributed by atoms with Crippen molar-refractivity contribution in [2.24, 2.45) is 5.92 Å². The fourth-order valence-corrected chi connectivity index (χ4v) is 6.19. The first-order chi connectivity index (χ1) is 13.4. The molecule has 152 valence electrons. The summed E-state index contributed by atoms with van der Waals surface area (Å²) in [5.41, 5.74) is 0. The van der Waals surface area contributed by atoms with Crippen molar-refractivity contribution in [2.45, 2.75) is 25.6 Å². The highest BCUT2D eigenvalue weighted by molar-refractivity contribution is 8.76.